The van der Waals surface area contributed by atoms with Gasteiger partial charge in [-0.05, 0) is 0 Å². The number of rotatable bonds is 6. The van der Waals surface area contributed by atoms with E-state index >= 15 is 0 Å². The van der Waals surface area contributed by atoms with E-state index in [4.69, 9.17) is 18.9 Å². The molecule has 27 heavy (non-hydrogen) atoms. The Morgan fingerprint density at radius 2 is 1.30 bits per heavy atom. The van der Waals surface area contributed by atoms with E-state index in [0.717, 1.165) is 34.6 Å². The van der Waals surface area contributed by atoms with Gasteiger partial charge < -0.3 is 29.4 Å². The molecule has 1 aliphatic rings. The van der Waals surface area contributed by atoms with Gasteiger partial charge in [0.2, 0.25) is 5.91 Å². The highest BCUT2D eigenvalue weighted by Crippen LogP contribution is 2.40. The van der Waals surface area contributed by atoms with E-state index in [0.29, 0.717) is 0 Å². The Hall–Kier alpha value is -2.69. The van der Waals surface area contributed by atoms with Gasteiger partial charge in [-0.1, -0.05) is 0 Å². The third kappa shape index (κ3) is 5.16. The fourth-order valence-corrected chi connectivity index (χ4v) is 3.12. The Labute approximate surface area is 155 Å². The summed E-state index contributed by atoms with van der Waals surface area (Å²) in [7, 11) is 0. The fraction of sp³-hybridized carbons (Fsp3) is 0.688. The second-order valence-electron chi connectivity index (χ2n) is 6.06. The van der Waals surface area contributed by atoms with Gasteiger partial charge in [-0.2, -0.15) is 0 Å². The first-order valence-corrected chi connectivity index (χ1v) is 8.03. The second kappa shape index (κ2) is 8.80. The van der Waals surface area contributed by atoms with Crippen LogP contribution >= 0.6 is 0 Å². The lowest BCUT2D eigenvalue weighted by Crippen LogP contribution is -2.62. The summed E-state index contributed by atoms with van der Waals surface area (Å²) in [6, 6.07) is -1.36. The number of amides is 1. The van der Waals surface area contributed by atoms with Gasteiger partial charge in [-0.3, -0.25) is 24.0 Å². The average Bonchev–Trinajstić information content (AvgIpc) is 2.69. The van der Waals surface area contributed by atoms with Crippen LogP contribution in [0.2, 0.25) is 0 Å². The maximum Gasteiger partial charge on any atom is 0.303 e. The van der Waals surface area contributed by atoms with Crippen LogP contribution in [0.1, 0.15) is 34.6 Å². The van der Waals surface area contributed by atoms with Crippen molar-refractivity contribution >= 4 is 29.8 Å². The van der Waals surface area contributed by atoms with Crippen LogP contribution in [0.5, 0.6) is 0 Å². The molecule has 0 aromatic heterocycles. The van der Waals surface area contributed by atoms with Crippen molar-refractivity contribution in [3.63, 3.8) is 0 Å². The molecule has 0 aliphatic heterocycles. The van der Waals surface area contributed by atoms with Crippen LogP contribution in [-0.2, 0) is 42.9 Å². The van der Waals surface area contributed by atoms with E-state index in [9.17, 15) is 29.1 Å². The lowest BCUT2D eigenvalue weighted by atomic mass is 9.95. The molecule has 0 spiro atoms. The van der Waals surface area contributed by atoms with Crippen molar-refractivity contribution in [3.8, 4) is 0 Å². The van der Waals surface area contributed by atoms with Gasteiger partial charge in [-0.25, -0.2) is 0 Å². The van der Waals surface area contributed by atoms with Crippen LogP contribution in [0.4, 0.5) is 0 Å². The van der Waals surface area contributed by atoms with Gasteiger partial charge in [0.1, 0.15) is 6.04 Å². The molecular formula is C16H23NO10. The Kier molecular flexibility index (Phi) is 7.28. The minimum absolute atomic E-state index is 0.618. The zero-order valence-electron chi connectivity index (χ0n) is 15.6. The maximum atomic E-state index is 11.7. The molecule has 1 aliphatic carbocycles. The smallest absolute Gasteiger partial charge is 0.303 e. The van der Waals surface area contributed by atoms with Gasteiger partial charge in [-0.15, -0.1) is 0 Å². The van der Waals surface area contributed by atoms with Gasteiger partial charge >= 0.3 is 23.9 Å². The Morgan fingerprint density at radius 1 is 0.815 bits per heavy atom. The molecular weight excluding hydrogens is 366 g/mol. The van der Waals surface area contributed by atoms with E-state index in [2.05, 4.69) is 5.32 Å². The van der Waals surface area contributed by atoms with Crippen molar-refractivity contribution < 1.29 is 48.0 Å². The second-order valence-corrected chi connectivity index (χ2v) is 6.06. The highest BCUT2D eigenvalue weighted by Gasteiger charge is 2.68. The minimum Gasteiger partial charge on any atom is -0.456 e. The van der Waals surface area contributed by atoms with Crippen molar-refractivity contribution in [1.82, 2.24) is 5.32 Å². The van der Waals surface area contributed by atoms with Gasteiger partial charge in [0, 0.05) is 34.6 Å². The molecule has 0 aromatic carbocycles. The van der Waals surface area contributed by atoms with Crippen LogP contribution in [0.3, 0.4) is 0 Å². The Morgan fingerprint density at radius 3 is 1.67 bits per heavy atom. The number of nitrogens with one attached hydrogen (secondary N) is 1. The molecule has 1 fully saturated rings. The Bertz CT molecular complexity index is 589. The van der Waals surface area contributed by atoms with Crippen LogP contribution in [-0.4, -0.2) is 71.5 Å². The molecule has 1 amide bonds. The summed E-state index contributed by atoms with van der Waals surface area (Å²) in [5.41, 5.74) is -2.05. The molecule has 0 heterocycles. The van der Waals surface area contributed by atoms with Gasteiger partial charge in [0.15, 0.2) is 23.9 Å². The molecule has 152 valence electrons. The SMILES string of the molecule is CC(=O)N[C@@H]1[C@H](OC(C)=O)[C@@H](OC(C)=O)[C@H](OC(C)=O)[C@@]1(CO)OC(C)=O. The average molecular weight is 389 g/mol. The maximum absolute atomic E-state index is 11.7. The standard InChI is InChI=1S/C16H23NO10/c1-7(19)17-14-12(24-8(2)20)13(25-9(3)21)15(26-10(4)22)16(14,6-18)27-11(5)23/h12-15,18H,6H2,1-5H3,(H,17,19)/t12-,13-,14-,15+,16+/m1/s1. The lowest BCUT2D eigenvalue weighted by Gasteiger charge is -2.37. The number of ether oxygens (including phenoxy) is 4. The van der Waals surface area contributed by atoms with Crippen LogP contribution in [0.15, 0.2) is 0 Å². The highest BCUT2D eigenvalue weighted by molar-refractivity contribution is 5.75. The third-order valence-corrected chi connectivity index (χ3v) is 3.80. The normalized spacial score (nSPS) is 29.4. The summed E-state index contributed by atoms with van der Waals surface area (Å²) in [5, 5.41) is 12.4. The predicted molar refractivity (Wildman–Crippen MR) is 85.8 cm³/mol. The zero-order chi connectivity index (χ0) is 20.9. The largest absolute Gasteiger partial charge is 0.456 e. The topological polar surface area (TPSA) is 155 Å². The fourth-order valence-electron chi connectivity index (χ4n) is 3.12. The summed E-state index contributed by atoms with van der Waals surface area (Å²) >= 11 is 0. The highest BCUT2D eigenvalue weighted by atomic mass is 16.6. The minimum atomic E-state index is -2.05. The van der Waals surface area contributed by atoms with Crippen molar-refractivity contribution in [1.29, 1.82) is 0 Å². The summed E-state index contributed by atoms with van der Waals surface area (Å²) in [5.74, 6) is -3.95. The monoisotopic (exact) mass is 389 g/mol. The Balaban J connectivity index is 3.62. The molecule has 0 saturated heterocycles. The summed E-state index contributed by atoms with van der Waals surface area (Å²) in [6.45, 7) is 4.43. The number of carbonyl (C=O) groups is 5. The van der Waals surface area contributed by atoms with Crippen LogP contribution in [0.25, 0.3) is 0 Å². The number of carbonyl (C=O) groups excluding carboxylic acids is 5. The van der Waals surface area contributed by atoms with Gasteiger partial charge in [0.05, 0.1) is 6.61 Å². The predicted octanol–water partition coefficient (Wildman–Crippen LogP) is -1.41. The number of hydrogen-bond acceptors (Lipinski definition) is 10. The molecule has 5 atom stereocenters. The van der Waals surface area contributed by atoms with E-state index in [1.807, 2.05) is 0 Å². The zero-order valence-corrected chi connectivity index (χ0v) is 15.6. The molecule has 11 heteroatoms. The molecule has 0 radical (unpaired) electrons. The van der Waals surface area contributed by atoms with E-state index < -0.39 is 66.3 Å². The quantitative estimate of drug-likeness (QED) is 0.409. The molecule has 1 rings (SSSR count). The molecule has 0 aromatic rings. The third-order valence-electron chi connectivity index (χ3n) is 3.80. The van der Waals surface area contributed by atoms with Gasteiger partial charge in [0.25, 0.3) is 0 Å². The van der Waals surface area contributed by atoms with Crippen molar-refractivity contribution in [3.05, 3.63) is 0 Å². The number of aliphatic hydroxyl groups is 1. The molecule has 11 nitrogen and oxygen atoms in total. The lowest BCUT2D eigenvalue weighted by molar-refractivity contribution is -0.199. The van der Waals surface area contributed by atoms with Crippen molar-refractivity contribution in [2.75, 3.05) is 6.61 Å². The number of aliphatic hydroxyl groups excluding tert-OH is 1. The molecule has 0 bridgehead atoms. The first-order valence-electron chi connectivity index (χ1n) is 8.03. The van der Waals surface area contributed by atoms with Crippen LogP contribution < -0.4 is 5.32 Å². The summed E-state index contributed by atoms with van der Waals surface area (Å²) < 4.78 is 20.7. The molecule has 1 saturated carbocycles. The number of esters is 4. The summed E-state index contributed by atoms with van der Waals surface area (Å²) in [4.78, 5) is 58.1. The van der Waals surface area contributed by atoms with E-state index in [-0.39, 0.29) is 0 Å². The van der Waals surface area contributed by atoms with Crippen molar-refractivity contribution in [2.45, 2.75) is 64.6 Å². The molecule has 2 N–H and O–H groups in total. The van der Waals surface area contributed by atoms with Crippen molar-refractivity contribution in [2.24, 2.45) is 0 Å². The van der Waals surface area contributed by atoms with E-state index in [1.54, 1.807) is 0 Å². The first kappa shape index (κ1) is 22.4. The summed E-state index contributed by atoms with van der Waals surface area (Å²) in [6.07, 6.45) is -4.39. The first-order chi connectivity index (χ1) is 12.4. The van der Waals surface area contributed by atoms with E-state index in [1.165, 1.54) is 0 Å². The molecule has 0 unspecified atom stereocenters. The number of hydrogen-bond donors (Lipinski definition) is 2. The van der Waals surface area contributed by atoms with Crippen LogP contribution in [0, 0.1) is 0 Å².